The lowest BCUT2D eigenvalue weighted by molar-refractivity contribution is 0.296. The molecule has 158 valence electrons. The highest BCUT2D eigenvalue weighted by Gasteiger charge is 2.12. The van der Waals surface area contributed by atoms with E-state index in [1.807, 2.05) is 24.3 Å². The summed E-state index contributed by atoms with van der Waals surface area (Å²) in [4.78, 5) is 0. The highest BCUT2D eigenvalue weighted by atomic mass is 19.1. The van der Waals surface area contributed by atoms with E-state index in [-0.39, 0.29) is 12.4 Å². The van der Waals surface area contributed by atoms with E-state index in [0.717, 1.165) is 29.5 Å². The molecule has 0 amide bonds. The average Bonchev–Trinajstić information content (AvgIpc) is 2.81. The van der Waals surface area contributed by atoms with Gasteiger partial charge in [-0.25, -0.2) is 4.39 Å². The van der Waals surface area contributed by atoms with Crippen LogP contribution in [-0.4, -0.2) is 6.04 Å². The van der Waals surface area contributed by atoms with Crippen LogP contribution in [0, 0.1) is 5.82 Å². The molecule has 3 heteroatoms. The molecule has 31 heavy (non-hydrogen) atoms. The number of hydrogen-bond donors (Lipinski definition) is 1. The monoisotopic (exact) mass is 413 g/mol. The summed E-state index contributed by atoms with van der Waals surface area (Å²) in [5, 5.41) is 6.00. The molecule has 0 aliphatic heterocycles. The molecule has 0 spiro atoms. The van der Waals surface area contributed by atoms with Crippen LogP contribution in [-0.2, 0) is 19.6 Å². The van der Waals surface area contributed by atoms with Crippen LogP contribution in [0.1, 0.15) is 30.0 Å². The Morgan fingerprint density at radius 1 is 0.839 bits per heavy atom. The molecule has 0 fully saturated rings. The Bertz CT molecular complexity index is 1130. The van der Waals surface area contributed by atoms with Crippen LogP contribution < -0.4 is 10.1 Å². The van der Waals surface area contributed by atoms with Crippen LogP contribution in [0.15, 0.2) is 91.0 Å². The molecular weight excluding hydrogens is 385 g/mol. The molecule has 0 aliphatic rings. The molecule has 0 unspecified atom stereocenters. The topological polar surface area (TPSA) is 21.3 Å². The molecule has 0 radical (unpaired) electrons. The highest BCUT2D eigenvalue weighted by Crippen LogP contribution is 2.29. The minimum atomic E-state index is -0.238. The Hall–Kier alpha value is -3.17. The van der Waals surface area contributed by atoms with E-state index in [2.05, 4.69) is 60.8 Å². The predicted octanol–water partition coefficient (Wildman–Crippen LogP) is 6.67. The molecular formula is C28H28FNO. The van der Waals surface area contributed by atoms with Gasteiger partial charge >= 0.3 is 0 Å². The first-order chi connectivity index (χ1) is 15.2. The Kier molecular flexibility index (Phi) is 6.96. The zero-order chi connectivity index (χ0) is 21.5. The van der Waals surface area contributed by atoms with Gasteiger partial charge in [0.15, 0.2) is 0 Å². The van der Waals surface area contributed by atoms with E-state index in [1.165, 1.54) is 17.0 Å². The van der Waals surface area contributed by atoms with Crippen molar-refractivity contribution in [3.05, 3.63) is 114 Å². The standard InChI is InChI=1S/C28H28FNO/c1-21(15-16-22-9-3-2-4-10-22)30-19-26-25-13-7-5-11-23(25)17-18-28(26)31-20-24-12-6-8-14-27(24)29/h2-14,17-18,21,30H,15-16,19-20H2,1H3/t21-/m0/s1. The van der Waals surface area contributed by atoms with Crippen LogP contribution in [0.4, 0.5) is 4.39 Å². The van der Waals surface area contributed by atoms with E-state index in [1.54, 1.807) is 12.1 Å². The molecule has 0 bridgehead atoms. The fourth-order valence-corrected chi connectivity index (χ4v) is 3.81. The third-order valence-electron chi connectivity index (χ3n) is 5.67. The Labute approximate surface area is 183 Å². The first kappa shape index (κ1) is 21.1. The molecule has 0 heterocycles. The number of ether oxygens (including phenoxy) is 1. The molecule has 1 N–H and O–H groups in total. The Balaban J connectivity index is 1.48. The Morgan fingerprint density at radius 2 is 1.58 bits per heavy atom. The van der Waals surface area contributed by atoms with Crippen LogP contribution >= 0.6 is 0 Å². The van der Waals surface area contributed by atoms with Gasteiger partial charge in [0.25, 0.3) is 0 Å². The van der Waals surface area contributed by atoms with Crippen molar-refractivity contribution >= 4 is 10.8 Å². The van der Waals surface area contributed by atoms with E-state index in [0.29, 0.717) is 18.2 Å². The van der Waals surface area contributed by atoms with Gasteiger partial charge in [-0.3, -0.25) is 0 Å². The van der Waals surface area contributed by atoms with Crippen molar-refractivity contribution in [2.24, 2.45) is 0 Å². The lowest BCUT2D eigenvalue weighted by Gasteiger charge is -2.18. The van der Waals surface area contributed by atoms with Crippen molar-refractivity contribution < 1.29 is 9.13 Å². The third-order valence-corrected chi connectivity index (χ3v) is 5.67. The van der Waals surface area contributed by atoms with Crippen LogP contribution in [0.5, 0.6) is 5.75 Å². The second kappa shape index (κ2) is 10.2. The first-order valence-corrected chi connectivity index (χ1v) is 10.8. The smallest absolute Gasteiger partial charge is 0.129 e. The second-order valence-electron chi connectivity index (χ2n) is 7.95. The molecule has 4 aromatic rings. The second-order valence-corrected chi connectivity index (χ2v) is 7.95. The molecule has 1 atom stereocenters. The molecule has 2 nitrogen and oxygen atoms in total. The van der Waals surface area contributed by atoms with Crippen LogP contribution in [0.2, 0.25) is 0 Å². The number of benzene rings is 4. The molecule has 0 aromatic heterocycles. The highest BCUT2D eigenvalue weighted by molar-refractivity contribution is 5.87. The summed E-state index contributed by atoms with van der Waals surface area (Å²) in [7, 11) is 0. The molecule has 0 saturated heterocycles. The maximum absolute atomic E-state index is 14.0. The number of halogens is 1. The summed E-state index contributed by atoms with van der Waals surface area (Å²) >= 11 is 0. The zero-order valence-corrected chi connectivity index (χ0v) is 17.9. The number of fused-ring (bicyclic) bond motifs is 1. The van der Waals surface area contributed by atoms with Crippen LogP contribution in [0.3, 0.4) is 0 Å². The molecule has 4 aromatic carbocycles. The van der Waals surface area contributed by atoms with Crippen molar-refractivity contribution in [3.8, 4) is 5.75 Å². The lowest BCUT2D eigenvalue weighted by Crippen LogP contribution is -2.26. The van der Waals surface area contributed by atoms with Gasteiger partial charge < -0.3 is 10.1 Å². The van der Waals surface area contributed by atoms with Crippen molar-refractivity contribution in [1.82, 2.24) is 5.32 Å². The number of aryl methyl sites for hydroxylation is 1. The summed E-state index contributed by atoms with van der Waals surface area (Å²) in [6, 6.07) is 30.1. The van der Waals surface area contributed by atoms with Crippen molar-refractivity contribution in [2.75, 3.05) is 0 Å². The molecule has 4 rings (SSSR count). The van der Waals surface area contributed by atoms with Gasteiger partial charge in [0.2, 0.25) is 0 Å². The first-order valence-electron chi connectivity index (χ1n) is 10.8. The van der Waals surface area contributed by atoms with Crippen molar-refractivity contribution in [1.29, 1.82) is 0 Å². The van der Waals surface area contributed by atoms with Crippen molar-refractivity contribution in [2.45, 2.75) is 39.0 Å². The summed E-state index contributed by atoms with van der Waals surface area (Å²) in [5.41, 5.74) is 3.03. The summed E-state index contributed by atoms with van der Waals surface area (Å²) in [5.74, 6) is 0.558. The van der Waals surface area contributed by atoms with E-state index in [4.69, 9.17) is 4.74 Å². The average molecular weight is 414 g/mol. The van der Waals surface area contributed by atoms with Gasteiger partial charge in [0.05, 0.1) is 0 Å². The fraction of sp³-hybridized carbons (Fsp3) is 0.214. The van der Waals surface area contributed by atoms with Crippen LogP contribution in [0.25, 0.3) is 10.8 Å². The van der Waals surface area contributed by atoms with Gasteiger partial charge in [0.1, 0.15) is 18.2 Å². The maximum Gasteiger partial charge on any atom is 0.129 e. The van der Waals surface area contributed by atoms with Gasteiger partial charge in [-0.1, -0.05) is 78.9 Å². The molecule has 0 saturated carbocycles. The maximum atomic E-state index is 14.0. The van der Waals surface area contributed by atoms with Gasteiger partial charge in [-0.15, -0.1) is 0 Å². The van der Waals surface area contributed by atoms with E-state index in [9.17, 15) is 4.39 Å². The summed E-state index contributed by atoms with van der Waals surface area (Å²) in [6.45, 7) is 3.12. The van der Waals surface area contributed by atoms with Gasteiger partial charge in [-0.05, 0) is 48.2 Å². The number of hydrogen-bond acceptors (Lipinski definition) is 2. The normalized spacial score (nSPS) is 12.1. The fourth-order valence-electron chi connectivity index (χ4n) is 3.81. The quantitative estimate of drug-likeness (QED) is 0.331. The third kappa shape index (κ3) is 5.50. The van der Waals surface area contributed by atoms with E-state index < -0.39 is 0 Å². The largest absolute Gasteiger partial charge is 0.488 e. The predicted molar refractivity (Wildman–Crippen MR) is 126 cm³/mol. The van der Waals surface area contributed by atoms with Gasteiger partial charge in [0, 0.05) is 23.7 Å². The number of rotatable bonds is 9. The zero-order valence-electron chi connectivity index (χ0n) is 17.9. The lowest BCUT2D eigenvalue weighted by atomic mass is 10.0. The minimum Gasteiger partial charge on any atom is -0.488 e. The summed E-state index contributed by atoms with van der Waals surface area (Å²) < 4.78 is 20.1. The number of nitrogens with one attached hydrogen (secondary N) is 1. The SMILES string of the molecule is C[C@@H](CCc1ccccc1)NCc1c(OCc2ccccc2F)ccc2ccccc12. The minimum absolute atomic E-state index is 0.210. The summed E-state index contributed by atoms with van der Waals surface area (Å²) in [6.07, 6.45) is 2.10. The Morgan fingerprint density at radius 3 is 2.42 bits per heavy atom. The van der Waals surface area contributed by atoms with Crippen molar-refractivity contribution in [3.63, 3.8) is 0 Å². The van der Waals surface area contributed by atoms with E-state index >= 15 is 0 Å². The molecule has 0 aliphatic carbocycles. The van der Waals surface area contributed by atoms with Gasteiger partial charge in [-0.2, -0.15) is 0 Å².